The van der Waals surface area contributed by atoms with E-state index in [1.165, 1.54) is 0 Å². The molecule has 0 fully saturated rings. The van der Waals surface area contributed by atoms with E-state index in [0.717, 1.165) is 0 Å². The average molecular weight is 372 g/mol. The molecule has 134 valence electrons. The number of carbonyl (C=O) groups excluding carboxylic acids is 2. The summed E-state index contributed by atoms with van der Waals surface area (Å²) in [5.74, 6) is 1.12. The molecule has 0 aliphatic heterocycles. The highest BCUT2D eigenvalue weighted by Crippen LogP contribution is 2.15. The first-order chi connectivity index (χ1) is 12.6. The predicted octanol–water partition coefficient (Wildman–Crippen LogP) is 4.72. The van der Waals surface area contributed by atoms with Crippen molar-refractivity contribution >= 4 is 23.3 Å². The molecule has 0 unspecified atom stereocenters. The second-order valence-electron chi connectivity index (χ2n) is 5.84. The number of Topliss-reactive ketones (excluding diaryl/α,β-unsaturated/α-hetero) is 1. The van der Waals surface area contributed by atoms with Gasteiger partial charge in [-0.15, -0.1) is 0 Å². The standard InChI is InChI=1S/C20H18ClNO4/c21-16-7-5-15(6-8-16)19(23)9-10-20(24)22(13-17-3-1-11-25-17)14-18-4-2-12-26-18/h1-8,11-12H,9-10,13-14H2. The van der Waals surface area contributed by atoms with Crippen molar-refractivity contribution in [3.63, 3.8) is 0 Å². The number of rotatable bonds is 8. The van der Waals surface area contributed by atoms with Crippen molar-refractivity contribution in [1.29, 1.82) is 0 Å². The van der Waals surface area contributed by atoms with Crippen molar-refractivity contribution in [2.45, 2.75) is 25.9 Å². The van der Waals surface area contributed by atoms with Crippen LogP contribution in [0.1, 0.15) is 34.7 Å². The minimum absolute atomic E-state index is 0.0917. The molecular weight excluding hydrogens is 354 g/mol. The van der Waals surface area contributed by atoms with Crippen molar-refractivity contribution in [3.8, 4) is 0 Å². The van der Waals surface area contributed by atoms with Gasteiger partial charge >= 0.3 is 0 Å². The highest BCUT2D eigenvalue weighted by molar-refractivity contribution is 6.30. The molecule has 0 spiro atoms. The third-order valence-corrected chi connectivity index (χ3v) is 4.19. The van der Waals surface area contributed by atoms with Gasteiger partial charge in [0.2, 0.25) is 5.91 Å². The maximum Gasteiger partial charge on any atom is 0.223 e. The van der Waals surface area contributed by atoms with E-state index in [9.17, 15) is 9.59 Å². The zero-order valence-corrected chi connectivity index (χ0v) is 14.8. The highest BCUT2D eigenvalue weighted by atomic mass is 35.5. The van der Waals surface area contributed by atoms with Crippen LogP contribution in [0, 0.1) is 0 Å². The molecule has 0 radical (unpaired) electrons. The topological polar surface area (TPSA) is 63.7 Å². The molecule has 2 aromatic heterocycles. The second kappa shape index (κ2) is 8.54. The van der Waals surface area contributed by atoms with E-state index in [1.54, 1.807) is 66.0 Å². The summed E-state index contributed by atoms with van der Waals surface area (Å²) in [6.07, 6.45) is 3.38. The lowest BCUT2D eigenvalue weighted by molar-refractivity contribution is -0.133. The summed E-state index contributed by atoms with van der Waals surface area (Å²) in [5.41, 5.74) is 0.547. The monoisotopic (exact) mass is 371 g/mol. The van der Waals surface area contributed by atoms with Gasteiger partial charge in [0.1, 0.15) is 11.5 Å². The third kappa shape index (κ3) is 4.86. The first kappa shape index (κ1) is 18.0. The maximum absolute atomic E-state index is 12.7. The molecule has 0 aliphatic rings. The minimum Gasteiger partial charge on any atom is -0.467 e. The number of benzene rings is 1. The Hall–Kier alpha value is -2.79. The summed E-state index contributed by atoms with van der Waals surface area (Å²) in [5, 5.41) is 0.570. The van der Waals surface area contributed by atoms with Crippen LogP contribution in [0.25, 0.3) is 0 Å². The Morgan fingerprint density at radius 3 is 1.92 bits per heavy atom. The lowest BCUT2D eigenvalue weighted by Gasteiger charge is -2.20. The van der Waals surface area contributed by atoms with E-state index in [-0.39, 0.29) is 24.5 Å². The molecule has 2 heterocycles. The third-order valence-electron chi connectivity index (χ3n) is 3.94. The number of hydrogen-bond donors (Lipinski definition) is 0. The summed E-state index contributed by atoms with van der Waals surface area (Å²) >= 11 is 5.83. The van der Waals surface area contributed by atoms with Crippen LogP contribution in [0.3, 0.4) is 0 Å². The number of carbonyl (C=O) groups is 2. The first-order valence-electron chi connectivity index (χ1n) is 8.23. The molecule has 0 bridgehead atoms. The predicted molar refractivity (Wildman–Crippen MR) is 96.7 cm³/mol. The van der Waals surface area contributed by atoms with Gasteiger partial charge in [0, 0.05) is 23.4 Å². The Labute approximate surface area is 156 Å². The van der Waals surface area contributed by atoms with Gasteiger partial charge in [0.25, 0.3) is 0 Å². The zero-order chi connectivity index (χ0) is 18.4. The Morgan fingerprint density at radius 2 is 1.42 bits per heavy atom. The molecular formula is C20H18ClNO4. The summed E-state index contributed by atoms with van der Waals surface area (Å²) < 4.78 is 10.7. The lowest BCUT2D eigenvalue weighted by atomic mass is 10.1. The Morgan fingerprint density at radius 1 is 0.846 bits per heavy atom. The van der Waals surface area contributed by atoms with E-state index in [0.29, 0.717) is 35.2 Å². The fourth-order valence-electron chi connectivity index (χ4n) is 2.57. The second-order valence-corrected chi connectivity index (χ2v) is 6.28. The SMILES string of the molecule is O=C(CCC(=O)N(Cc1ccco1)Cc1ccco1)c1ccc(Cl)cc1. The van der Waals surface area contributed by atoms with Crippen LogP contribution in [0.5, 0.6) is 0 Å². The number of halogens is 1. The molecule has 0 N–H and O–H groups in total. The van der Waals surface area contributed by atoms with Crippen molar-refractivity contribution in [1.82, 2.24) is 4.90 Å². The van der Waals surface area contributed by atoms with Gasteiger partial charge in [0.05, 0.1) is 25.6 Å². The summed E-state index contributed by atoms with van der Waals surface area (Å²) in [6, 6.07) is 13.8. The van der Waals surface area contributed by atoms with Gasteiger partial charge in [-0.1, -0.05) is 11.6 Å². The van der Waals surface area contributed by atoms with Gasteiger partial charge in [0.15, 0.2) is 5.78 Å². The Balaban J connectivity index is 1.62. The van der Waals surface area contributed by atoms with Gasteiger partial charge < -0.3 is 13.7 Å². The molecule has 0 saturated heterocycles. The number of furan rings is 2. The fourth-order valence-corrected chi connectivity index (χ4v) is 2.70. The van der Waals surface area contributed by atoms with Crippen LogP contribution >= 0.6 is 11.6 Å². The molecule has 0 aliphatic carbocycles. The van der Waals surface area contributed by atoms with E-state index in [2.05, 4.69) is 0 Å². The van der Waals surface area contributed by atoms with Crippen molar-refractivity contribution in [2.24, 2.45) is 0 Å². The van der Waals surface area contributed by atoms with E-state index in [1.807, 2.05) is 0 Å². The molecule has 0 saturated carbocycles. The van der Waals surface area contributed by atoms with Gasteiger partial charge in [-0.3, -0.25) is 9.59 Å². The van der Waals surface area contributed by atoms with Gasteiger partial charge in [-0.2, -0.15) is 0 Å². The summed E-state index contributed by atoms with van der Waals surface area (Å²) in [4.78, 5) is 26.5. The number of nitrogens with zero attached hydrogens (tertiary/aromatic N) is 1. The quantitative estimate of drug-likeness (QED) is 0.537. The molecule has 1 aromatic carbocycles. The summed E-state index contributed by atoms with van der Waals surface area (Å²) in [6.45, 7) is 0.642. The normalized spacial score (nSPS) is 10.7. The lowest BCUT2D eigenvalue weighted by Crippen LogP contribution is -2.30. The molecule has 3 aromatic rings. The van der Waals surface area contributed by atoms with Crippen LogP contribution in [-0.4, -0.2) is 16.6 Å². The molecule has 6 heteroatoms. The van der Waals surface area contributed by atoms with E-state index in [4.69, 9.17) is 20.4 Å². The summed E-state index contributed by atoms with van der Waals surface area (Å²) in [7, 11) is 0. The molecule has 1 amide bonds. The highest BCUT2D eigenvalue weighted by Gasteiger charge is 2.18. The zero-order valence-electron chi connectivity index (χ0n) is 14.1. The minimum atomic E-state index is -0.139. The largest absolute Gasteiger partial charge is 0.467 e. The number of ketones is 1. The number of hydrogen-bond acceptors (Lipinski definition) is 4. The van der Waals surface area contributed by atoms with Crippen molar-refractivity contribution in [2.75, 3.05) is 0 Å². The van der Waals surface area contributed by atoms with Crippen LogP contribution in [0.2, 0.25) is 5.02 Å². The number of amides is 1. The molecule has 5 nitrogen and oxygen atoms in total. The van der Waals surface area contributed by atoms with Crippen LogP contribution in [0.4, 0.5) is 0 Å². The van der Waals surface area contributed by atoms with E-state index < -0.39 is 0 Å². The smallest absolute Gasteiger partial charge is 0.223 e. The van der Waals surface area contributed by atoms with Gasteiger partial charge in [-0.25, -0.2) is 0 Å². The Bertz CT molecular complexity index is 802. The fraction of sp³-hybridized carbons (Fsp3) is 0.200. The van der Waals surface area contributed by atoms with Crippen molar-refractivity contribution < 1.29 is 18.4 Å². The van der Waals surface area contributed by atoms with Crippen molar-refractivity contribution in [3.05, 3.63) is 83.2 Å². The van der Waals surface area contributed by atoms with Crippen LogP contribution in [0.15, 0.2) is 69.9 Å². The maximum atomic E-state index is 12.7. The Kier molecular flexibility index (Phi) is 5.92. The molecule has 0 atom stereocenters. The van der Waals surface area contributed by atoms with E-state index >= 15 is 0 Å². The van der Waals surface area contributed by atoms with Crippen LogP contribution in [-0.2, 0) is 17.9 Å². The van der Waals surface area contributed by atoms with Crippen LogP contribution < -0.4 is 0 Å². The first-order valence-corrected chi connectivity index (χ1v) is 8.61. The van der Waals surface area contributed by atoms with Gasteiger partial charge in [-0.05, 0) is 48.5 Å². The molecule has 3 rings (SSSR count). The average Bonchev–Trinajstić information content (AvgIpc) is 3.33. The molecule has 26 heavy (non-hydrogen) atoms.